The fourth-order valence-corrected chi connectivity index (χ4v) is 2.53. The van der Waals surface area contributed by atoms with E-state index in [1.54, 1.807) is 6.92 Å². The van der Waals surface area contributed by atoms with Gasteiger partial charge in [0.05, 0.1) is 0 Å². The van der Waals surface area contributed by atoms with Crippen molar-refractivity contribution in [1.82, 2.24) is 0 Å². The first-order chi connectivity index (χ1) is 5.63. The van der Waals surface area contributed by atoms with E-state index in [1.165, 1.54) is 6.42 Å². The van der Waals surface area contributed by atoms with E-state index >= 15 is 0 Å². The average Bonchev–Trinajstić information content (AvgIpc) is 2.64. The van der Waals surface area contributed by atoms with Crippen molar-refractivity contribution in [2.45, 2.75) is 25.4 Å². The van der Waals surface area contributed by atoms with Crippen molar-refractivity contribution in [3.63, 3.8) is 0 Å². The monoisotopic (exact) mass is 162 g/mol. The lowest BCUT2D eigenvalue weighted by atomic mass is 9.80. The quantitative estimate of drug-likeness (QED) is 0.458. The summed E-state index contributed by atoms with van der Waals surface area (Å²) in [6.45, 7) is 1.76. The lowest BCUT2D eigenvalue weighted by molar-refractivity contribution is 0.0434. The summed E-state index contributed by atoms with van der Waals surface area (Å²) in [5, 5.41) is 9.88. The number of aliphatic hydroxyl groups is 1. The van der Waals surface area contributed by atoms with Gasteiger partial charge in [-0.2, -0.15) is 0 Å². The molecule has 1 N–H and O–H groups in total. The summed E-state index contributed by atoms with van der Waals surface area (Å²) in [4.78, 5) is 0. The lowest BCUT2D eigenvalue weighted by Gasteiger charge is -2.29. The smallest absolute Gasteiger partial charge is 0.125 e. The summed E-state index contributed by atoms with van der Waals surface area (Å²) in [5.41, 5.74) is -0.899. The maximum atomic E-state index is 9.88. The van der Waals surface area contributed by atoms with Crippen LogP contribution in [0.25, 0.3) is 0 Å². The Hall–Kier alpha value is -0.740. The third kappa shape index (κ3) is 0.990. The largest absolute Gasteiger partial charge is 0.378 e. The second kappa shape index (κ2) is 2.37. The van der Waals surface area contributed by atoms with Crippen molar-refractivity contribution in [2.75, 3.05) is 0 Å². The molecular formula is C11H14O. The van der Waals surface area contributed by atoms with Crippen molar-refractivity contribution < 1.29 is 5.11 Å². The third-order valence-corrected chi connectivity index (χ3v) is 3.29. The summed E-state index contributed by atoms with van der Waals surface area (Å²) in [6, 6.07) is 0. The summed E-state index contributed by atoms with van der Waals surface area (Å²) >= 11 is 0. The van der Waals surface area contributed by atoms with Gasteiger partial charge >= 0.3 is 0 Å². The number of allylic oxidation sites excluding steroid dienone is 2. The molecule has 1 heteroatoms. The SMILES string of the molecule is C#C[C@](C)(O)[C@@H]1C[C@H]2C=C[C@@H]1C2. The van der Waals surface area contributed by atoms with Crippen molar-refractivity contribution >= 4 is 0 Å². The van der Waals surface area contributed by atoms with E-state index in [1.807, 2.05) is 0 Å². The standard InChI is InChI=1S/C11H14O/c1-3-11(2,12)10-7-8-4-5-9(10)6-8/h1,4-5,8-10,12H,6-7H2,2H3/t8-,9+,10+,11-/m0/s1. The first kappa shape index (κ1) is 7.89. The van der Waals surface area contributed by atoms with Crippen LogP contribution < -0.4 is 0 Å². The van der Waals surface area contributed by atoms with Gasteiger partial charge in [-0.15, -0.1) is 6.42 Å². The number of rotatable bonds is 1. The fraction of sp³-hybridized carbons (Fsp3) is 0.636. The van der Waals surface area contributed by atoms with E-state index in [4.69, 9.17) is 6.42 Å². The van der Waals surface area contributed by atoms with Crippen molar-refractivity contribution in [3.8, 4) is 12.3 Å². The Balaban J connectivity index is 2.19. The fourth-order valence-electron chi connectivity index (χ4n) is 2.53. The van der Waals surface area contributed by atoms with Crippen molar-refractivity contribution in [3.05, 3.63) is 12.2 Å². The first-order valence-electron chi connectivity index (χ1n) is 4.52. The van der Waals surface area contributed by atoms with Gasteiger partial charge in [0.25, 0.3) is 0 Å². The van der Waals surface area contributed by atoms with E-state index in [-0.39, 0.29) is 5.92 Å². The highest BCUT2D eigenvalue weighted by Gasteiger charge is 2.44. The topological polar surface area (TPSA) is 20.2 Å². The first-order valence-corrected chi connectivity index (χ1v) is 4.52. The van der Waals surface area contributed by atoms with Crippen LogP contribution in [0.1, 0.15) is 19.8 Å². The van der Waals surface area contributed by atoms with Crippen LogP contribution in [0.3, 0.4) is 0 Å². The Morgan fingerprint density at radius 2 is 2.25 bits per heavy atom. The van der Waals surface area contributed by atoms with Gasteiger partial charge in [0.2, 0.25) is 0 Å². The molecule has 1 saturated carbocycles. The molecule has 4 atom stereocenters. The molecule has 0 aromatic heterocycles. The van der Waals surface area contributed by atoms with Gasteiger partial charge in [-0.1, -0.05) is 18.1 Å². The zero-order valence-corrected chi connectivity index (χ0v) is 7.33. The zero-order valence-electron chi connectivity index (χ0n) is 7.33. The number of hydrogen-bond donors (Lipinski definition) is 1. The third-order valence-electron chi connectivity index (χ3n) is 3.29. The summed E-state index contributed by atoms with van der Waals surface area (Å²) in [7, 11) is 0. The minimum atomic E-state index is -0.899. The predicted octanol–water partition coefficient (Wildman–Crippen LogP) is 1.58. The van der Waals surface area contributed by atoms with Crippen LogP contribution in [-0.2, 0) is 0 Å². The molecule has 1 fully saturated rings. The van der Waals surface area contributed by atoms with Crippen LogP contribution in [0.2, 0.25) is 0 Å². The zero-order chi connectivity index (χ0) is 8.77. The molecule has 2 rings (SSSR count). The van der Waals surface area contributed by atoms with E-state index in [0.29, 0.717) is 11.8 Å². The Morgan fingerprint density at radius 1 is 1.50 bits per heavy atom. The highest BCUT2D eigenvalue weighted by molar-refractivity contribution is 5.19. The summed E-state index contributed by atoms with van der Waals surface area (Å²) < 4.78 is 0. The van der Waals surface area contributed by atoms with Crippen LogP contribution in [0.4, 0.5) is 0 Å². The van der Waals surface area contributed by atoms with Gasteiger partial charge < -0.3 is 5.11 Å². The predicted molar refractivity (Wildman–Crippen MR) is 48.3 cm³/mol. The molecule has 0 spiro atoms. The molecule has 2 aliphatic rings. The van der Waals surface area contributed by atoms with Crippen molar-refractivity contribution in [1.29, 1.82) is 0 Å². The molecule has 0 radical (unpaired) electrons. The average molecular weight is 162 g/mol. The van der Waals surface area contributed by atoms with Crippen LogP contribution in [-0.4, -0.2) is 10.7 Å². The van der Waals surface area contributed by atoms with E-state index in [9.17, 15) is 5.11 Å². The second-order valence-electron chi connectivity index (χ2n) is 4.18. The molecule has 2 bridgehead atoms. The molecule has 12 heavy (non-hydrogen) atoms. The molecular weight excluding hydrogens is 148 g/mol. The van der Waals surface area contributed by atoms with Gasteiger partial charge in [-0.3, -0.25) is 0 Å². The molecule has 0 saturated heterocycles. The van der Waals surface area contributed by atoms with Gasteiger partial charge in [0.1, 0.15) is 5.60 Å². The highest BCUT2D eigenvalue weighted by Crippen LogP contribution is 2.47. The normalized spacial score (nSPS) is 42.6. The number of fused-ring (bicyclic) bond motifs is 2. The lowest BCUT2D eigenvalue weighted by Crippen LogP contribution is -2.35. The van der Waals surface area contributed by atoms with E-state index < -0.39 is 5.60 Å². The maximum Gasteiger partial charge on any atom is 0.125 e. The Morgan fingerprint density at radius 3 is 2.67 bits per heavy atom. The van der Waals surface area contributed by atoms with Crippen LogP contribution in [0.15, 0.2) is 12.2 Å². The molecule has 0 unspecified atom stereocenters. The molecule has 0 heterocycles. The van der Waals surface area contributed by atoms with Crippen LogP contribution in [0.5, 0.6) is 0 Å². The van der Waals surface area contributed by atoms with Gasteiger partial charge in [0.15, 0.2) is 0 Å². The summed E-state index contributed by atoms with van der Waals surface area (Å²) in [6.07, 6.45) is 12.0. The Bertz CT molecular complexity index is 257. The van der Waals surface area contributed by atoms with Crippen molar-refractivity contribution in [2.24, 2.45) is 17.8 Å². The molecule has 0 aromatic rings. The van der Waals surface area contributed by atoms with Gasteiger partial charge in [-0.25, -0.2) is 0 Å². The van der Waals surface area contributed by atoms with Crippen LogP contribution in [0, 0.1) is 30.1 Å². The highest BCUT2D eigenvalue weighted by atomic mass is 16.3. The minimum absolute atomic E-state index is 0.289. The minimum Gasteiger partial charge on any atom is -0.378 e. The van der Waals surface area contributed by atoms with E-state index in [2.05, 4.69) is 18.1 Å². The molecule has 0 amide bonds. The van der Waals surface area contributed by atoms with Gasteiger partial charge in [0, 0.05) is 5.92 Å². The Labute approximate surface area is 73.5 Å². The van der Waals surface area contributed by atoms with Gasteiger partial charge in [-0.05, 0) is 31.6 Å². The molecule has 1 nitrogen and oxygen atoms in total. The molecule has 64 valence electrons. The molecule has 0 aromatic carbocycles. The second-order valence-corrected chi connectivity index (χ2v) is 4.18. The van der Waals surface area contributed by atoms with E-state index in [0.717, 1.165) is 6.42 Å². The maximum absolute atomic E-state index is 9.88. The van der Waals surface area contributed by atoms with Crippen LogP contribution >= 0.6 is 0 Å². The number of hydrogen-bond acceptors (Lipinski definition) is 1. The Kier molecular flexibility index (Phi) is 1.56. The number of terminal acetylenes is 1. The molecule has 2 aliphatic carbocycles. The molecule has 0 aliphatic heterocycles. The summed E-state index contributed by atoms with van der Waals surface area (Å²) in [5.74, 6) is 3.99.